The summed E-state index contributed by atoms with van der Waals surface area (Å²) >= 11 is 0. The Morgan fingerprint density at radius 3 is 2.74 bits per heavy atom. The van der Waals surface area contributed by atoms with Crippen molar-refractivity contribution in [1.29, 1.82) is 0 Å². The molecule has 1 N–H and O–H groups in total. The number of nitrogens with zero attached hydrogens (tertiary/aromatic N) is 3. The van der Waals surface area contributed by atoms with Gasteiger partial charge < -0.3 is 14.8 Å². The first-order chi connectivity index (χ1) is 10.9. The molecule has 1 atom stereocenters. The van der Waals surface area contributed by atoms with E-state index in [1.807, 2.05) is 0 Å². The third-order valence-electron chi connectivity index (χ3n) is 5.90. The molecule has 4 rings (SSSR count). The average Bonchev–Trinajstić information content (AvgIpc) is 3.01. The van der Waals surface area contributed by atoms with Crippen molar-refractivity contribution in [3.05, 3.63) is 17.7 Å². The number of aromatic nitrogens is 2. The Labute approximate surface area is 146 Å². The molecular formula is C18H31ClN4. The van der Waals surface area contributed by atoms with E-state index >= 15 is 0 Å². The number of likely N-dealkylation sites (tertiary alicyclic amines) is 1. The lowest BCUT2D eigenvalue weighted by Gasteiger charge is -2.35. The molecule has 3 aliphatic rings. The lowest BCUT2D eigenvalue weighted by molar-refractivity contribution is 0.166. The van der Waals surface area contributed by atoms with E-state index in [1.165, 1.54) is 95.7 Å². The predicted octanol–water partition coefficient (Wildman–Crippen LogP) is 2.82. The highest BCUT2D eigenvalue weighted by molar-refractivity contribution is 5.85. The maximum absolute atomic E-state index is 4.80. The van der Waals surface area contributed by atoms with Crippen LogP contribution in [0.5, 0.6) is 0 Å². The van der Waals surface area contributed by atoms with Gasteiger partial charge in [-0.05, 0) is 77.0 Å². The van der Waals surface area contributed by atoms with Crippen LogP contribution in [0.25, 0.3) is 0 Å². The van der Waals surface area contributed by atoms with Crippen LogP contribution in [-0.2, 0) is 13.0 Å². The molecule has 5 heteroatoms. The van der Waals surface area contributed by atoms with Crippen LogP contribution in [-0.4, -0.2) is 47.2 Å². The zero-order valence-corrected chi connectivity index (χ0v) is 15.0. The Kier molecular flexibility index (Phi) is 6.00. The van der Waals surface area contributed by atoms with E-state index in [0.29, 0.717) is 5.92 Å². The first-order valence-corrected chi connectivity index (χ1v) is 9.37. The van der Waals surface area contributed by atoms with Crippen molar-refractivity contribution in [2.24, 2.45) is 5.92 Å². The molecule has 0 spiro atoms. The van der Waals surface area contributed by atoms with Gasteiger partial charge in [0.1, 0.15) is 5.82 Å². The molecule has 0 saturated carbocycles. The summed E-state index contributed by atoms with van der Waals surface area (Å²) in [6, 6.07) is 0. The second-order valence-electron chi connectivity index (χ2n) is 7.50. The van der Waals surface area contributed by atoms with Crippen LogP contribution in [0.2, 0.25) is 0 Å². The summed E-state index contributed by atoms with van der Waals surface area (Å²) in [5.74, 6) is 2.98. The minimum Gasteiger partial charge on any atom is -0.332 e. The van der Waals surface area contributed by atoms with E-state index in [0.717, 1.165) is 5.92 Å². The number of nitrogens with one attached hydrogen (secondary N) is 1. The number of hydrogen-bond acceptors (Lipinski definition) is 3. The van der Waals surface area contributed by atoms with E-state index in [2.05, 4.69) is 21.0 Å². The molecular weight excluding hydrogens is 308 g/mol. The average molecular weight is 339 g/mol. The molecule has 0 aromatic carbocycles. The van der Waals surface area contributed by atoms with E-state index < -0.39 is 0 Å². The van der Waals surface area contributed by atoms with E-state index in [9.17, 15) is 0 Å². The van der Waals surface area contributed by atoms with Crippen molar-refractivity contribution in [3.63, 3.8) is 0 Å². The Morgan fingerprint density at radius 1 is 1.09 bits per heavy atom. The van der Waals surface area contributed by atoms with Gasteiger partial charge in [-0.1, -0.05) is 0 Å². The van der Waals surface area contributed by atoms with Crippen molar-refractivity contribution in [2.45, 2.75) is 57.4 Å². The third-order valence-corrected chi connectivity index (χ3v) is 5.90. The number of halogens is 1. The predicted molar refractivity (Wildman–Crippen MR) is 96.4 cm³/mol. The first kappa shape index (κ1) is 17.2. The van der Waals surface area contributed by atoms with Crippen LogP contribution in [0, 0.1) is 5.92 Å². The maximum atomic E-state index is 4.80. The fraction of sp³-hybridized carbons (Fsp3) is 0.833. The molecule has 1 unspecified atom stereocenters. The van der Waals surface area contributed by atoms with Crippen LogP contribution in [0.1, 0.15) is 56.0 Å². The minimum atomic E-state index is 0. The molecule has 2 fully saturated rings. The van der Waals surface area contributed by atoms with Crippen LogP contribution in [0.15, 0.2) is 6.20 Å². The topological polar surface area (TPSA) is 33.1 Å². The van der Waals surface area contributed by atoms with Crippen molar-refractivity contribution in [1.82, 2.24) is 19.8 Å². The summed E-state index contributed by atoms with van der Waals surface area (Å²) in [5, 5.41) is 3.55. The van der Waals surface area contributed by atoms with Crippen LogP contribution in [0.4, 0.5) is 0 Å². The van der Waals surface area contributed by atoms with E-state index in [4.69, 9.17) is 4.98 Å². The number of aryl methyl sites for hydroxylation is 1. The molecule has 4 nitrogen and oxygen atoms in total. The summed E-state index contributed by atoms with van der Waals surface area (Å²) in [6.45, 7) is 7.50. The van der Waals surface area contributed by atoms with Crippen molar-refractivity contribution < 1.29 is 0 Å². The number of piperidine rings is 2. The highest BCUT2D eigenvalue weighted by Crippen LogP contribution is 2.30. The molecule has 4 heterocycles. The SMILES string of the molecule is Cl.c1nc(C2CCN(CC3CCCNC3)CC2)n2c1CCCC2. The van der Waals surface area contributed by atoms with Gasteiger partial charge in [0.25, 0.3) is 0 Å². The molecule has 1 aromatic rings. The first-order valence-electron chi connectivity index (χ1n) is 9.37. The standard InChI is InChI=1S/C18H30N4.ClH/c1-2-9-22-17(5-1)13-20-18(22)16-6-10-21(11-7-16)14-15-4-3-8-19-12-15;/h13,15-16,19H,1-12,14H2;1H. The maximum Gasteiger partial charge on any atom is 0.112 e. The van der Waals surface area contributed by atoms with Gasteiger partial charge in [0.05, 0.1) is 0 Å². The quantitative estimate of drug-likeness (QED) is 0.920. The smallest absolute Gasteiger partial charge is 0.112 e. The molecule has 3 aliphatic heterocycles. The van der Waals surface area contributed by atoms with Crippen molar-refractivity contribution in [3.8, 4) is 0 Å². The lowest BCUT2D eigenvalue weighted by atomic mass is 9.93. The highest BCUT2D eigenvalue weighted by Gasteiger charge is 2.27. The summed E-state index contributed by atoms with van der Waals surface area (Å²) in [7, 11) is 0. The van der Waals surface area contributed by atoms with Gasteiger partial charge in [0.15, 0.2) is 0 Å². The normalized spacial score (nSPS) is 26.5. The Morgan fingerprint density at radius 2 is 1.96 bits per heavy atom. The number of imidazole rings is 1. The minimum absolute atomic E-state index is 0. The van der Waals surface area contributed by atoms with Crippen LogP contribution < -0.4 is 5.32 Å². The zero-order valence-electron chi connectivity index (χ0n) is 14.2. The molecule has 0 bridgehead atoms. The molecule has 130 valence electrons. The Balaban J connectivity index is 0.00000156. The van der Waals surface area contributed by atoms with Gasteiger partial charge in [-0.15, -0.1) is 12.4 Å². The fourth-order valence-electron chi connectivity index (χ4n) is 4.61. The number of fused-ring (bicyclic) bond motifs is 1. The summed E-state index contributed by atoms with van der Waals surface area (Å²) in [5.41, 5.74) is 1.48. The lowest BCUT2D eigenvalue weighted by Crippen LogP contribution is -2.41. The van der Waals surface area contributed by atoms with Gasteiger partial charge in [0.2, 0.25) is 0 Å². The highest BCUT2D eigenvalue weighted by atomic mass is 35.5. The van der Waals surface area contributed by atoms with Gasteiger partial charge in [-0.2, -0.15) is 0 Å². The molecule has 23 heavy (non-hydrogen) atoms. The molecule has 1 aromatic heterocycles. The van der Waals surface area contributed by atoms with Crippen LogP contribution in [0.3, 0.4) is 0 Å². The molecule has 0 radical (unpaired) electrons. The zero-order chi connectivity index (χ0) is 14.8. The fourth-order valence-corrected chi connectivity index (χ4v) is 4.61. The second kappa shape index (κ2) is 8.00. The van der Waals surface area contributed by atoms with Gasteiger partial charge >= 0.3 is 0 Å². The number of hydrogen-bond donors (Lipinski definition) is 1. The third kappa shape index (κ3) is 3.92. The molecule has 0 amide bonds. The van der Waals surface area contributed by atoms with E-state index in [-0.39, 0.29) is 12.4 Å². The Hall–Kier alpha value is -0.580. The largest absolute Gasteiger partial charge is 0.332 e. The van der Waals surface area contributed by atoms with Gasteiger partial charge in [-0.3, -0.25) is 0 Å². The monoisotopic (exact) mass is 338 g/mol. The van der Waals surface area contributed by atoms with E-state index in [1.54, 1.807) is 0 Å². The summed E-state index contributed by atoms with van der Waals surface area (Å²) in [4.78, 5) is 7.50. The Bertz CT molecular complexity index is 487. The van der Waals surface area contributed by atoms with Crippen LogP contribution >= 0.6 is 12.4 Å². The van der Waals surface area contributed by atoms with Crippen molar-refractivity contribution >= 4 is 12.4 Å². The molecule has 2 saturated heterocycles. The van der Waals surface area contributed by atoms with Gasteiger partial charge in [-0.25, -0.2) is 4.98 Å². The van der Waals surface area contributed by atoms with Gasteiger partial charge in [0, 0.05) is 30.9 Å². The second-order valence-corrected chi connectivity index (χ2v) is 7.50. The van der Waals surface area contributed by atoms with Crippen molar-refractivity contribution in [2.75, 3.05) is 32.7 Å². The summed E-state index contributed by atoms with van der Waals surface area (Å²) < 4.78 is 2.54. The number of rotatable bonds is 3. The molecule has 0 aliphatic carbocycles. The summed E-state index contributed by atoms with van der Waals surface area (Å²) in [6.07, 6.45) is 11.5.